The van der Waals surface area contributed by atoms with E-state index in [1.165, 1.54) is 16.4 Å². The van der Waals surface area contributed by atoms with Crippen LogP contribution in [0.4, 0.5) is 0 Å². The molecule has 142 valence electrons. The third kappa shape index (κ3) is 4.03. The number of hydrogen-bond acceptors (Lipinski definition) is 4. The predicted octanol–water partition coefficient (Wildman–Crippen LogP) is 3.20. The normalized spacial score (nSPS) is 17.0. The van der Waals surface area contributed by atoms with Crippen molar-refractivity contribution in [1.82, 2.24) is 19.0 Å². The summed E-state index contributed by atoms with van der Waals surface area (Å²) in [7, 11) is -1.83. The molecule has 10 heteroatoms. The SMILES string of the molecule is Cc1nn(C)cc1CN1CCN(S(=O)(=O)c2cc(Cl)c(Cl)cc2Cl)CC1. The van der Waals surface area contributed by atoms with E-state index in [4.69, 9.17) is 34.8 Å². The summed E-state index contributed by atoms with van der Waals surface area (Å²) in [5.74, 6) is 0. The average Bonchev–Trinajstić information content (AvgIpc) is 2.88. The lowest BCUT2D eigenvalue weighted by atomic mass is 10.2. The molecule has 0 unspecified atom stereocenters. The fourth-order valence-electron chi connectivity index (χ4n) is 3.01. The molecule has 6 nitrogen and oxygen atoms in total. The molecule has 1 fully saturated rings. The van der Waals surface area contributed by atoms with E-state index < -0.39 is 10.0 Å². The number of nitrogens with zero attached hydrogens (tertiary/aromatic N) is 4. The van der Waals surface area contributed by atoms with Crippen LogP contribution < -0.4 is 0 Å². The highest BCUT2D eigenvalue weighted by Crippen LogP contribution is 2.33. The van der Waals surface area contributed by atoms with Gasteiger partial charge in [0.1, 0.15) is 4.90 Å². The standard InChI is InChI=1S/C16H19Cl3N4O2S/c1-11-12(9-21(2)20-11)10-22-3-5-23(6-4-22)26(24,25)16-8-14(18)13(17)7-15(16)19/h7-9H,3-6,10H2,1-2H3. The second-order valence-electron chi connectivity index (χ2n) is 6.29. The summed E-state index contributed by atoms with van der Waals surface area (Å²) in [4.78, 5) is 2.21. The maximum absolute atomic E-state index is 12.9. The van der Waals surface area contributed by atoms with E-state index in [1.807, 2.05) is 20.2 Å². The number of benzene rings is 1. The zero-order chi connectivity index (χ0) is 19.1. The molecular weight excluding hydrogens is 419 g/mol. The van der Waals surface area contributed by atoms with Crippen LogP contribution in [0.3, 0.4) is 0 Å². The maximum Gasteiger partial charge on any atom is 0.244 e. The van der Waals surface area contributed by atoms with Crippen LogP contribution in [0.2, 0.25) is 15.1 Å². The highest BCUT2D eigenvalue weighted by molar-refractivity contribution is 7.89. The maximum atomic E-state index is 12.9. The molecule has 3 rings (SSSR count). The zero-order valence-electron chi connectivity index (χ0n) is 14.4. The van der Waals surface area contributed by atoms with Gasteiger partial charge in [-0.1, -0.05) is 34.8 Å². The molecule has 1 saturated heterocycles. The fourth-order valence-corrected chi connectivity index (χ4v) is 5.41. The Morgan fingerprint density at radius 2 is 1.65 bits per heavy atom. The Labute approximate surface area is 168 Å². The summed E-state index contributed by atoms with van der Waals surface area (Å²) in [6.45, 7) is 4.76. The van der Waals surface area contributed by atoms with Crippen LogP contribution in [0, 0.1) is 6.92 Å². The van der Waals surface area contributed by atoms with Gasteiger partial charge in [-0.2, -0.15) is 9.40 Å². The van der Waals surface area contributed by atoms with Gasteiger partial charge in [0.05, 0.1) is 20.8 Å². The van der Waals surface area contributed by atoms with E-state index in [9.17, 15) is 8.42 Å². The van der Waals surface area contributed by atoms with Crippen LogP contribution >= 0.6 is 34.8 Å². The first kappa shape index (κ1) is 19.9. The Kier molecular flexibility index (Phi) is 5.86. The zero-order valence-corrected chi connectivity index (χ0v) is 17.5. The van der Waals surface area contributed by atoms with Crippen molar-refractivity contribution in [2.75, 3.05) is 26.2 Å². The lowest BCUT2D eigenvalue weighted by molar-refractivity contribution is 0.181. The molecule has 0 saturated carbocycles. The second kappa shape index (κ2) is 7.66. The minimum Gasteiger partial charge on any atom is -0.296 e. The smallest absolute Gasteiger partial charge is 0.244 e. The van der Waals surface area contributed by atoms with Gasteiger partial charge in [0.15, 0.2) is 0 Å². The van der Waals surface area contributed by atoms with E-state index in [0.29, 0.717) is 26.2 Å². The molecule has 0 radical (unpaired) electrons. The summed E-state index contributed by atoms with van der Waals surface area (Å²) < 4.78 is 29.0. The number of piperazine rings is 1. The van der Waals surface area contributed by atoms with Gasteiger partial charge in [-0.05, 0) is 19.1 Å². The quantitative estimate of drug-likeness (QED) is 0.689. The Hall–Kier alpha value is -0.830. The average molecular weight is 438 g/mol. The minimum atomic E-state index is -3.72. The minimum absolute atomic E-state index is 0.00915. The first-order valence-corrected chi connectivity index (χ1v) is 10.6. The Morgan fingerprint density at radius 1 is 1.04 bits per heavy atom. The van der Waals surface area contributed by atoms with Gasteiger partial charge >= 0.3 is 0 Å². The number of aromatic nitrogens is 2. The van der Waals surface area contributed by atoms with E-state index in [0.717, 1.165) is 17.8 Å². The van der Waals surface area contributed by atoms with E-state index in [-0.39, 0.29) is 20.0 Å². The molecule has 0 amide bonds. The number of halogens is 3. The van der Waals surface area contributed by atoms with Crippen LogP contribution in [0.5, 0.6) is 0 Å². The van der Waals surface area contributed by atoms with Gasteiger partial charge in [-0.15, -0.1) is 0 Å². The van der Waals surface area contributed by atoms with Crippen molar-refractivity contribution in [3.63, 3.8) is 0 Å². The largest absolute Gasteiger partial charge is 0.296 e. The van der Waals surface area contributed by atoms with E-state index >= 15 is 0 Å². The predicted molar refractivity (Wildman–Crippen MR) is 103 cm³/mol. The summed E-state index contributed by atoms with van der Waals surface area (Å²) in [6, 6.07) is 2.67. The van der Waals surface area contributed by atoms with Gasteiger partial charge in [0, 0.05) is 51.5 Å². The molecule has 2 aromatic rings. The summed E-state index contributed by atoms with van der Waals surface area (Å²) in [5, 5.41) is 4.81. The topological polar surface area (TPSA) is 58.4 Å². The summed E-state index contributed by atoms with van der Waals surface area (Å²) >= 11 is 18.0. The molecule has 1 aliphatic rings. The molecule has 0 bridgehead atoms. The second-order valence-corrected chi connectivity index (χ2v) is 9.42. The van der Waals surface area contributed by atoms with Crippen LogP contribution in [0.15, 0.2) is 23.2 Å². The molecule has 0 spiro atoms. The highest BCUT2D eigenvalue weighted by atomic mass is 35.5. The van der Waals surface area contributed by atoms with Crippen molar-refractivity contribution < 1.29 is 8.42 Å². The number of aryl methyl sites for hydroxylation is 2. The van der Waals surface area contributed by atoms with Crippen molar-refractivity contribution in [3.05, 3.63) is 44.7 Å². The molecular formula is C16H19Cl3N4O2S. The van der Waals surface area contributed by atoms with E-state index in [2.05, 4.69) is 10.00 Å². The monoisotopic (exact) mass is 436 g/mol. The number of rotatable bonds is 4. The fraction of sp³-hybridized carbons (Fsp3) is 0.438. The Morgan fingerprint density at radius 3 is 2.23 bits per heavy atom. The molecule has 1 aromatic heterocycles. The van der Waals surface area contributed by atoms with Gasteiger partial charge in [0.25, 0.3) is 0 Å². The molecule has 1 aromatic carbocycles. The molecule has 1 aliphatic heterocycles. The van der Waals surface area contributed by atoms with Crippen LogP contribution in [0.1, 0.15) is 11.3 Å². The molecule has 2 heterocycles. The molecule has 0 aliphatic carbocycles. The van der Waals surface area contributed by atoms with Crippen LogP contribution in [-0.4, -0.2) is 53.6 Å². The first-order valence-electron chi connectivity index (χ1n) is 8.04. The van der Waals surface area contributed by atoms with Crippen LogP contribution in [0.25, 0.3) is 0 Å². The number of sulfonamides is 1. The van der Waals surface area contributed by atoms with Crippen molar-refractivity contribution in [3.8, 4) is 0 Å². The molecule has 26 heavy (non-hydrogen) atoms. The van der Waals surface area contributed by atoms with E-state index in [1.54, 1.807) is 4.68 Å². The third-order valence-electron chi connectivity index (χ3n) is 4.43. The first-order chi connectivity index (χ1) is 12.2. The Balaban J connectivity index is 1.71. The molecule has 0 N–H and O–H groups in total. The Bertz CT molecular complexity index is 922. The van der Waals surface area contributed by atoms with Gasteiger partial charge in [-0.25, -0.2) is 8.42 Å². The van der Waals surface area contributed by atoms with Crippen molar-refractivity contribution in [2.24, 2.45) is 7.05 Å². The summed E-state index contributed by atoms with van der Waals surface area (Å²) in [5.41, 5.74) is 2.14. The highest BCUT2D eigenvalue weighted by Gasteiger charge is 2.31. The van der Waals surface area contributed by atoms with Crippen molar-refractivity contribution in [1.29, 1.82) is 0 Å². The third-order valence-corrected chi connectivity index (χ3v) is 7.52. The van der Waals surface area contributed by atoms with Gasteiger partial charge < -0.3 is 0 Å². The lowest BCUT2D eigenvalue weighted by Crippen LogP contribution is -2.48. The van der Waals surface area contributed by atoms with Crippen molar-refractivity contribution in [2.45, 2.75) is 18.4 Å². The van der Waals surface area contributed by atoms with Gasteiger partial charge in [-0.3, -0.25) is 9.58 Å². The van der Waals surface area contributed by atoms with Crippen LogP contribution in [-0.2, 0) is 23.6 Å². The summed E-state index contributed by atoms with van der Waals surface area (Å²) in [6.07, 6.45) is 1.99. The molecule has 0 atom stereocenters. The lowest BCUT2D eigenvalue weighted by Gasteiger charge is -2.34. The number of hydrogen-bond donors (Lipinski definition) is 0. The van der Waals surface area contributed by atoms with Gasteiger partial charge in [0.2, 0.25) is 10.0 Å². The van der Waals surface area contributed by atoms with Crippen molar-refractivity contribution >= 4 is 44.8 Å².